The maximum absolute atomic E-state index is 10.3. The molecule has 3 saturated carbocycles. The lowest BCUT2D eigenvalue weighted by atomic mass is 9.47. The van der Waals surface area contributed by atoms with E-state index in [1.807, 2.05) is 5.57 Å². The monoisotopic (exact) mass is 412 g/mol. The van der Waals surface area contributed by atoms with E-state index < -0.39 is 0 Å². The summed E-state index contributed by atoms with van der Waals surface area (Å²) in [4.78, 5) is 0. The molecule has 0 aromatic heterocycles. The second kappa shape index (κ2) is 8.42. The van der Waals surface area contributed by atoms with Gasteiger partial charge in [-0.3, -0.25) is 0 Å². The maximum Gasteiger partial charge on any atom is 0.0543 e. The lowest BCUT2D eigenvalue weighted by Crippen LogP contribution is -2.49. The molecule has 1 N–H and O–H groups in total. The van der Waals surface area contributed by atoms with Crippen molar-refractivity contribution in [2.75, 3.05) is 0 Å². The Morgan fingerprint density at radius 1 is 1.10 bits per heavy atom. The van der Waals surface area contributed by atoms with Crippen LogP contribution in [0.4, 0.5) is 0 Å². The fraction of sp³-hybridized carbons (Fsp3) is 0.862. The van der Waals surface area contributed by atoms with Gasteiger partial charge in [-0.05, 0) is 124 Å². The number of aliphatic hydroxyl groups is 1. The Hall–Kier alpha value is -0.560. The molecule has 0 saturated heterocycles. The molecule has 0 aromatic rings. The van der Waals surface area contributed by atoms with Gasteiger partial charge in [-0.1, -0.05) is 51.5 Å². The standard InChI is InChI=1S/C29H48O/c1-7-21(19(2)3)9-8-20(4)25-12-13-26-24-11-10-22-18-23(30)14-16-28(22,5)27(24)15-17-29(25,26)6/h11,20-23,25-27,30H,2,7-10,12-18H2,1,3-6H3/t20-,21+,22+,23-,25+,26+,27-,28-,29+/m1/s1. The molecule has 4 aliphatic rings. The first kappa shape index (κ1) is 22.6. The first-order valence-corrected chi connectivity index (χ1v) is 13.2. The van der Waals surface area contributed by atoms with Gasteiger partial charge in [-0.25, -0.2) is 0 Å². The first-order chi connectivity index (χ1) is 14.2. The molecule has 0 aromatic carbocycles. The van der Waals surface area contributed by atoms with Crippen molar-refractivity contribution >= 4 is 0 Å². The molecule has 0 radical (unpaired) electrons. The second-order valence-corrected chi connectivity index (χ2v) is 12.4. The van der Waals surface area contributed by atoms with Crippen LogP contribution in [-0.2, 0) is 0 Å². The molecule has 4 rings (SSSR count). The Labute approximate surface area is 186 Å². The van der Waals surface area contributed by atoms with Crippen molar-refractivity contribution in [3.05, 3.63) is 23.8 Å². The van der Waals surface area contributed by atoms with Crippen molar-refractivity contribution in [2.45, 2.75) is 111 Å². The summed E-state index contributed by atoms with van der Waals surface area (Å²) in [5.41, 5.74) is 4.21. The average Bonchev–Trinajstić information content (AvgIpc) is 3.06. The second-order valence-electron chi connectivity index (χ2n) is 12.4. The van der Waals surface area contributed by atoms with Gasteiger partial charge in [0, 0.05) is 0 Å². The fourth-order valence-electron chi connectivity index (χ4n) is 8.93. The maximum atomic E-state index is 10.3. The molecule has 1 nitrogen and oxygen atoms in total. The molecule has 0 bridgehead atoms. The van der Waals surface area contributed by atoms with E-state index in [0.29, 0.717) is 22.7 Å². The summed E-state index contributed by atoms with van der Waals surface area (Å²) in [5, 5.41) is 10.3. The number of hydrogen-bond donors (Lipinski definition) is 1. The molecule has 3 fully saturated rings. The summed E-state index contributed by atoms with van der Waals surface area (Å²) in [5.74, 6) is 4.78. The van der Waals surface area contributed by atoms with Gasteiger partial charge in [0.25, 0.3) is 0 Å². The third-order valence-electron chi connectivity index (χ3n) is 11.0. The van der Waals surface area contributed by atoms with Crippen molar-refractivity contribution in [3.63, 3.8) is 0 Å². The zero-order valence-corrected chi connectivity index (χ0v) is 20.6. The summed E-state index contributed by atoms with van der Waals surface area (Å²) >= 11 is 0. The lowest BCUT2D eigenvalue weighted by molar-refractivity contribution is -0.0428. The Balaban J connectivity index is 1.49. The molecule has 1 heteroatoms. The molecular formula is C29H48O. The topological polar surface area (TPSA) is 20.2 Å². The van der Waals surface area contributed by atoms with Gasteiger partial charge < -0.3 is 5.11 Å². The predicted molar refractivity (Wildman–Crippen MR) is 128 cm³/mol. The third-order valence-corrected chi connectivity index (χ3v) is 11.0. The van der Waals surface area contributed by atoms with Crippen molar-refractivity contribution in [2.24, 2.45) is 46.3 Å². The summed E-state index contributed by atoms with van der Waals surface area (Å²) in [6.45, 7) is 16.6. The highest BCUT2D eigenvalue weighted by Gasteiger charge is 2.58. The van der Waals surface area contributed by atoms with Crippen LogP contribution in [0.5, 0.6) is 0 Å². The van der Waals surface area contributed by atoms with Gasteiger partial charge in [0.15, 0.2) is 0 Å². The fourth-order valence-corrected chi connectivity index (χ4v) is 8.93. The minimum Gasteiger partial charge on any atom is -0.393 e. The minimum atomic E-state index is -0.0465. The average molecular weight is 413 g/mol. The Bertz CT molecular complexity index is 676. The van der Waals surface area contributed by atoms with Crippen LogP contribution in [0.3, 0.4) is 0 Å². The zero-order valence-electron chi connectivity index (χ0n) is 20.6. The number of allylic oxidation sites excluding steroid dienone is 3. The van der Waals surface area contributed by atoms with E-state index in [4.69, 9.17) is 0 Å². The van der Waals surface area contributed by atoms with Crippen molar-refractivity contribution in [1.82, 2.24) is 0 Å². The molecule has 0 spiro atoms. The van der Waals surface area contributed by atoms with E-state index in [1.165, 1.54) is 63.4 Å². The molecule has 170 valence electrons. The molecule has 0 amide bonds. The van der Waals surface area contributed by atoms with Gasteiger partial charge >= 0.3 is 0 Å². The highest BCUT2D eigenvalue weighted by atomic mass is 16.3. The van der Waals surface area contributed by atoms with Crippen molar-refractivity contribution in [1.29, 1.82) is 0 Å². The van der Waals surface area contributed by atoms with Gasteiger partial charge in [0.1, 0.15) is 0 Å². The lowest BCUT2D eigenvalue weighted by Gasteiger charge is -2.57. The van der Waals surface area contributed by atoms with E-state index in [1.54, 1.807) is 0 Å². The molecule has 0 unspecified atom stereocenters. The van der Waals surface area contributed by atoms with E-state index in [-0.39, 0.29) is 6.10 Å². The highest BCUT2D eigenvalue weighted by molar-refractivity contribution is 5.27. The number of fused-ring (bicyclic) bond motifs is 5. The van der Waals surface area contributed by atoms with Crippen LogP contribution in [-0.4, -0.2) is 11.2 Å². The van der Waals surface area contributed by atoms with Crippen LogP contribution >= 0.6 is 0 Å². The molecule has 30 heavy (non-hydrogen) atoms. The summed E-state index contributed by atoms with van der Waals surface area (Å²) in [6, 6.07) is 0. The molecular weight excluding hydrogens is 364 g/mol. The van der Waals surface area contributed by atoms with Crippen LogP contribution in [0.2, 0.25) is 0 Å². The van der Waals surface area contributed by atoms with E-state index in [0.717, 1.165) is 36.5 Å². The van der Waals surface area contributed by atoms with E-state index in [2.05, 4.69) is 47.3 Å². The Morgan fingerprint density at radius 2 is 1.80 bits per heavy atom. The zero-order chi connectivity index (χ0) is 21.7. The van der Waals surface area contributed by atoms with Crippen molar-refractivity contribution < 1.29 is 5.11 Å². The van der Waals surface area contributed by atoms with Crippen LogP contribution in [0.1, 0.15) is 105 Å². The van der Waals surface area contributed by atoms with Gasteiger partial charge in [-0.2, -0.15) is 0 Å². The van der Waals surface area contributed by atoms with E-state index in [9.17, 15) is 5.11 Å². The minimum absolute atomic E-state index is 0.0465. The highest BCUT2D eigenvalue weighted by Crippen LogP contribution is 2.67. The summed E-state index contributed by atoms with van der Waals surface area (Å²) in [6.07, 6.45) is 16.8. The summed E-state index contributed by atoms with van der Waals surface area (Å²) < 4.78 is 0. The largest absolute Gasteiger partial charge is 0.393 e. The SMILES string of the molecule is C=C(C)[C@@H](CC)CC[C@@H](C)[C@@H]1CC[C@H]2C3=CC[C@H]4C[C@H](O)CC[C@@]4(C)[C@@H]3CC[C@]21C. The molecule has 0 aliphatic heterocycles. The van der Waals surface area contributed by atoms with Crippen LogP contribution < -0.4 is 0 Å². The van der Waals surface area contributed by atoms with Gasteiger partial charge in [0.05, 0.1) is 6.10 Å². The third kappa shape index (κ3) is 3.66. The Morgan fingerprint density at radius 3 is 2.50 bits per heavy atom. The van der Waals surface area contributed by atoms with Crippen LogP contribution in [0, 0.1) is 46.3 Å². The molecule has 9 atom stereocenters. The first-order valence-electron chi connectivity index (χ1n) is 13.2. The number of aliphatic hydroxyl groups excluding tert-OH is 1. The quantitative estimate of drug-likeness (QED) is 0.439. The van der Waals surface area contributed by atoms with Crippen molar-refractivity contribution in [3.8, 4) is 0 Å². The summed E-state index contributed by atoms with van der Waals surface area (Å²) in [7, 11) is 0. The number of hydrogen-bond acceptors (Lipinski definition) is 1. The molecule has 0 heterocycles. The van der Waals surface area contributed by atoms with Crippen LogP contribution in [0.15, 0.2) is 23.8 Å². The smallest absolute Gasteiger partial charge is 0.0543 e. The normalized spacial score (nSPS) is 45.0. The van der Waals surface area contributed by atoms with Crippen LogP contribution in [0.25, 0.3) is 0 Å². The van der Waals surface area contributed by atoms with Gasteiger partial charge in [-0.15, -0.1) is 0 Å². The molecule has 4 aliphatic carbocycles. The van der Waals surface area contributed by atoms with E-state index >= 15 is 0 Å². The Kier molecular flexibility index (Phi) is 6.35. The number of rotatable bonds is 6. The van der Waals surface area contributed by atoms with Gasteiger partial charge in [0.2, 0.25) is 0 Å². The predicted octanol–water partition coefficient (Wildman–Crippen LogP) is 7.94.